The van der Waals surface area contributed by atoms with Crippen molar-refractivity contribution in [3.8, 4) is 0 Å². The molecule has 1 aliphatic heterocycles. The normalized spacial score (nSPS) is 21.4. The minimum Gasteiger partial charge on any atom is -0.377 e. The van der Waals surface area contributed by atoms with E-state index in [1.54, 1.807) is 0 Å². The van der Waals surface area contributed by atoms with Crippen molar-refractivity contribution in [3.05, 3.63) is 35.4 Å². The minimum atomic E-state index is -0.363. The van der Waals surface area contributed by atoms with Crippen LogP contribution < -0.4 is 11.1 Å². The van der Waals surface area contributed by atoms with E-state index in [0.29, 0.717) is 26.3 Å². The van der Waals surface area contributed by atoms with E-state index in [4.69, 9.17) is 15.2 Å². The Morgan fingerprint density at radius 3 is 2.81 bits per heavy atom. The van der Waals surface area contributed by atoms with Crippen molar-refractivity contribution in [1.29, 1.82) is 0 Å². The molecule has 0 aliphatic carbocycles. The van der Waals surface area contributed by atoms with Crippen molar-refractivity contribution < 1.29 is 14.3 Å². The lowest BCUT2D eigenvalue weighted by atomic mass is 10.1. The summed E-state index contributed by atoms with van der Waals surface area (Å²) in [6, 6.07) is 7.97. The minimum absolute atomic E-state index is 0.0194. The Labute approximate surface area is 125 Å². The highest BCUT2D eigenvalue weighted by Crippen LogP contribution is 2.19. The van der Waals surface area contributed by atoms with Crippen LogP contribution in [0.15, 0.2) is 24.3 Å². The van der Waals surface area contributed by atoms with Gasteiger partial charge < -0.3 is 20.5 Å². The first-order valence-electron chi connectivity index (χ1n) is 7.52. The lowest BCUT2D eigenvalue weighted by molar-refractivity contribution is -0.132. The first-order valence-corrected chi connectivity index (χ1v) is 7.52. The molecule has 1 fully saturated rings. The lowest BCUT2D eigenvalue weighted by Gasteiger charge is -2.14. The van der Waals surface area contributed by atoms with Gasteiger partial charge in [0.15, 0.2) is 0 Å². The Balaban J connectivity index is 1.86. The molecule has 1 aliphatic rings. The van der Waals surface area contributed by atoms with E-state index in [9.17, 15) is 4.79 Å². The van der Waals surface area contributed by atoms with Crippen LogP contribution in [0.5, 0.6) is 0 Å². The van der Waals surface area contributed by atoms with Crippen LogP contribution in [-0.2, 0) is 27.4 Å². The molecule has 1 aromatic rings. The number of amides is 1. The summed E-state index contributed by atoms with van der Waals surface area (Å²) < 4.78 is 11.0. The zero-order valence-electron chi connectivity index (χ0n) is 12.5. The Hall–Kier alpha value is -1.43. The first-order chi connectivity index (χ1) is 10.2. The average molecular weight is 292 g/mol. The van der Waals surface area contributed by atoms with Crippen molar-refractivity contribution >= 4 is 5.91 Å². The molecule has 21 heavy (non-hydrogen) atoms. The number of carbonyl (C=O) groups excluding carboxylic acids is 1. The number of benzene rings is 1. The molecule has 1 saturated heterocycles. The van der Waals surface area contributed by atoms with Crippen LogP contribution in [0.25, 0.3) is 0 Å². The van der Waals surface area contributed by atoms with Crippen LogP contribution >= 0.6 is 0 Å². The quantitative estimate of drug-likeness (QED) is 0.795. The van der Waals surface area contributed by atoms with Crippen molar-refractivity contribution in [1.82, 2.24) is 5.32 Å². The van der Waals surface area contributed by atoms with Gasteiger partial charge in [-0.1, -0.05) is 24.3 Å². The first kappa shape index (κ1) is 15.9. The maximum absolute atomic E-state index is 12.1. The molecule has 116 valence electrons. The number of nitrogens with two attached hydrogens (primary N) is 1. The van der Waals surface area contributed by atoms with Crippen LogP contribution in [0, 0.1) is 0 Å². The second-order valence-electron chi connectivity index (χ2n) is 5.18. The fourth-order valence-corrected chi connectivity index (χ4v) is 2.45. The predicted molar refractivity (Wildman–Crippen MR) is 80.6 cm³/mol. The zero-order chi connectivity index (χ0) is 15.1. The molecule has 3 N–H and O–H groups in total. The van der Waals surface area contributed by atoms with E-state index in [2.05, 4.69) is 5.32 Å². The second kappa shape index (κ2) is 8.12. The summed E-state index contributed by atoms with van der Waals surface area (Å²) in [4.78, 5) is 12.1. The molecule has 1 heterocycles. The Morgan fingerprint density at radius 2 is 2.14 bits per heavy atom. The van der Waals surface area contributed by atoms with Crippen molar-refractivity contribution in [3.63, 3.8) is 0 Å². The smallest absolute Gasteiger partial charge is 0.249 e. The third kappa shape index (κ3) is 4.52. The van der Waals surface area contributed by atoms with E-state index in [1.165, 1.54) is 0 Å². The fourth-order valence-electron chi connectivity index (χ4n) is 2.45. The van der Waals surface area contributed by atoms with E-state index in [1.807, 2.05) is 31.2 Å². The summed E-state index contributed by atoms with van der Waals surface area (Å²) in [6.07, 6.45) is 1.26. The molecule has 0 saturated carbocycles. The molecule has 5 nitrogen and oxygen atoms in total. The number of hydrogen-bond acceptors (Lipinski definition) is 4. The number of rotatable bonds is 7. The zero-order valence-corrected chi connectivity index (χ0v) is 12.5. The Bertz CT molecular complexity index is 465. The summed E-state index contributed by atoms with van der Waals surface area (Å²) in [6.45, 7) is 4.18. The molecule has 1 aromatic carbocycles. The largest absolute Gasteiger partial charge is 0.377 e. The monoisotopic (exact) mass is 292 g/mol. The van der Waals surface area contributed by atoms with Crippen LogP contribution in [0.1, 0.15) is 30.9 Å². The molecule has 5 heteroatoms. The van der Waals surface area contributed by atoms with Gasteiger partial charge in [-0.05, 0) is 30.9 Å². The molecular weight excluding hydrogens is 268 g/mol. The summed E-state index contributed by atoms with van der Waals surface area (Å²) in [5.74, 6) is -0.0582. The van der Waals surface area contributed by atoms with Gasteiger partial charge in [-0.3, -0.25) is 4.79 Å². The van der Waals surface area contributed by atoms with Gasteiger partial charge in [0.2, 0.25) is 5.91 Å². The SMILES string of the molecule is CCOCc1ccccc1CNC(=O)C1CCC(CN)O1. The standard InChI is InChI=1S/C16H24N2O3/c1-2-20-11-13-6-4-3-5-12(13)10-18-16(19)15-8-7-14(9-17)21-15/h3-6,14-15H,2,7-11,17H2,1H3,(H,18,19). The topological polar surface area (TPSA) is 73.6 Å². The average Bonchev–Trinajstić information content (AvgIpc) is 3.00. The van der Waals surface area contributed by atoms with Gasteiger partial charge in [-0.2, -0.15) is 0 Å². The molecule has 0 aromatic heterocycles. The highest BCUT2D eigenvalue weighted by Gasteiger charge is 2.29. The summed E-state index contributed by atoms with van der Waals surface area (Å²) >= 11 is 0. The van der Waals surface area contributed by atoms with Gasteiger partial charge in [0.05, 0.1) is 12.7 Å². The van der Waals surface area contributed by atoms with E-state index in [-0.39, 0.29) is 18.1 Å². The molecule has 2 rings (SSSR count). The van der Waals surface area contributed by atoms with Crippen LogP contribution in [0.3, 0.4) is 0 Å². The predicted octanol–water partition coefficient (Wildman–Crippen LogP) is 1.35. The van der Waals surface area contributed by atoms with E-state index < -0.39 is 0 Å². The Kier molecular flexibility index (Phi) is 6.17. The van der Waals surface area contributed by atoms with Crippen LogP contribution in [0.2, 0.25) is 0 Å². The van der Waals surface area contributed by atoms with Gasteiger partial charge >= 0.3 is 0 Å². The number of hydrogen-bond donors (Lipinski definition) is 2. The number of nitrogens with one attached hydrogen (secondary N) is 1. The van der Waals surface area contributed by atoms with Gasteiger partial charge in [-0.15, -0.1) is 0 Å². The molecule has 0 radical (unpaired) electrons. The van der Waals surface area contributed by atoms with Gasteiger partial charge in [0.1, 0.15) is 6.10 Å². The summed E-state index contributed by atoms with van der Waals surface area (Å²) in [5.41, 5.74) is 7.74. The van der Waals surface area contributed by atoms with E-state index in [0.717, 1.165) is 24.0 Å². The maximum Gasteiger partial charge on any atom is 0.249 e. The van der Waals surface area contributed by atoms with Crippen LogP contribution in [-0.4, -0.2) is 31.3 Å². The highest BCUT2D eigenvalue weighted by atomic mass is 16.5. The molecular formula is C16H24N2O3. The Morgan fingerprint density at radius 1 is 1.38 bits per heavy atom. The van der Waals surface area contributed by atoms with Crippen molar-refractivity contribution in [2.24, 2.45) is 5.73 Å². The third-order valence-electron chi connectivity index (χ3n) is 3.70. The molecule has 2 atom stereocenters. The highest BCUT2D eigenvalue weighted by molar-refractivity contribution is 5.81. The molecule has 0 spiro atoms. The summed E-state index contributed by atoms with van der Waals surface area (Å²) in [5, 5.41) is 2.94. The summed E-state index contributed by atoms with van der Waals surface area (Å²) in [7, 11) is 0. The van der Waals surface area contributed by atoms with Crippen molar-refractivity contribution in [2.45, 2.75) is 45.1 Å². The second-order valence-corrected chi connectivity index (χ2v) is 5.18. The van der Waals surface area contributed by atoms with Crippen molar-refractivity contribution in [2.75, 3.05) is 13.2 Å². The number of ether oxygens (including phenoxy) is 2. The van der Waals surface area contributed by atoms with Gasteiger partial charge in [0, 0.05) is 19.7 Å². The fraction of sp³-hybridized carbons (Fsp3) is 0.562. The number of carbonyl (C=O) groups is 1. The van der Waals surface area contributed by atoms with Crippen LogP contribution in [0.4, 0.5) is 0 Å². The maximum atomic E-state index is 12.1. The molecule has 1 amide bonds. The van der Waals surface area contributed by atoms with E-state index >= 15 is 0 Å². The van der Waals surface area contributed by atoms with Gasteiger partial charge in [0.25, 0.3) is 0 Å². The molecule has 0 bridgehead atoms. The van der Waals surface area contributed by atoms with Gasteiger partial charge in [-0.25, -0.2) is 0 Å². The lowest BCUT2D eigenvalue weighted by Crippen LogP contribution is -2.35. The third-order valence-corrected chi connectivity index (χ3v) is 3.70. The molecule has 2 unspecified atom stereocenters.